The van der Waals surface area contributed by atoms with Gasteiger partial charge >= 0.3 is 0 Å². The second kappa shape index (κ2) is 4.29. The maximum Gasteiger partial charge on any atom is 0.168 e. The molecule has 0 saturated carbocycles. The van der Waals surface area contributed by atoms with Crippen LogP contribution in [0, 0.1) is 0 Å². The Labute approximate surface area is 103 Å². The van der Waals surface area contributed by atoms with Gasteiger partial charge in [0.2, 0.25) is 0 Å². The first-order valence-corrected chi connectivity index (χ1v) is 5.44. The molecule has 0 amide bonds. The molecule has 0 aliphatic rings. The van der Waals surface area contributed by atoms with Gasteiger partial charge in [0.05, 0.1) is 11.9 Å². The number of rotatable bonds is 2. The van der Waals surface area contributed by atoms with E-state index in [1.54, 1.807) is 43.0 Å². The Hall–Kier alpha value is -2.69. The predicted octanol–water partition coefficient (Wildman–Crippen LogP) is 2.03. The van der Waals surface area contributed by atoms with Crippen LogP contribution in [0.25, 0.3) is 17.1 Å². The SMILES string of the molecule is Oc1ccc(-c2nncn2-c2cccnc2)cc1. The molecule has 88 valence electrons. The van der Waals surface area contributed by atoms with Gasteiger partial charge in [-0.25, -0.2) is 0 Å². The number of hydrogen-bond acceptors (Lipinski definition) is 4. The molecular formula is C13H10N4O. The van der Waals surface area contributed by atoms with Crippen molar-refractivity contribution in [2.24, 2.45) is 0 Å². The van der Waals surface area contributed by atoms with Crippen LogP contribution >= 0.6 is 0 Å². The summed E-state index contributed by atoms with van der Waals surface area (Å²) in [6, 6.07) is 10.6. The Bertz CT molecular complexity index is 646. The van der Waals surface area contributed by atoms with Crippen molar-refractivity contribution in [3.63, 3.8) is 0 Å². The monoisotopic (exact) mass is 238 g/mol. The van der Waals surface area contributed by atoms with E-state index in [9.17, 15) is 5.11 Å². The molecular weight excluding hydrogens is 228 g/mol. The van der Waals surface area contributed by atoms with Gasteiger partial charge in [0.1, 0.15) is 12.1 Å². The molecule has 5 nitrogen and oxygen atoms in total. The lowest BCUT2D eigenvalue weighted by atomic mass is 10.2. The standard InChI is InChI=1S/C13H10N4O/c18-12-5-3-10(4-6-12)13-16-15-9-17(13)11-2-1-7-14-8-11/h1-9,18H. The normalized spacial score (nSPS) is 10.4. The molecule has 0 bridgehead atoms. The second-order valence-corrected chi connectivity index (χ2v) is 3.78. The van der Waals surface area contributed by atoms with Crippen molar-refractivity contribution in [2.45, 2.75) is 0 Å². The molecule has 0 spiro atoms. The van der Waals surface area contributed by atoms with E-state index in [0.29, 0.717) is 5.82 Å². The van der Waals surface area contributed by atoms with Gasteiger partial charge in [0.25, 0.3) is 0 Å². The minimum absolute atomic E-state index is 0.228. The van der Waals surface area contributed by atoms with Gasteiger partial charge in [-0.05, 0) is 36.4 Å². The van der Waals surface area contributed by atoms with Gasteiger partial charge in [0, 0.05) is 11.8 Å². The number of hydrogen-bond donors (Lipinski definition) is 1. The number of pyridine rings is 1. The molecule has 18 heavy (non-hydrogen) atoms. The summed E-state index contributed by atoms with van der Waals surface area (Å²) in [6.07, 6.45) is 5.10. The number of nitrogens with zero attached hydrogens (tertiary/aromatic N) is 4. The Kier molecular flexibility index (Phi) is 2.49. The average Bonchev–Trinajstić information content (AvgIpc) is 2.90. The van der Waals surface area contributed by atoms with Crippen molar-refractivity contribution >= 4 is 0 Å². The van der Waals surface area contributed by atoms with Crippen LogP contribution < -0.4 is 0 Å². The highest BCUT2D eigenvalue weighted by molar-refractivity contribution is 5.58. The van der Waals surface area contributed by atoms with Crippen LogP contribution in [0.4, 0.5) is 0 Å². The Morgan fingerprint density at radius 3 is 2.61 bits per heavy atom. The van der Waals surface area contributed by atoms with E-state index in [0.717, 1.165) is 11.3 Å². The molecule has 0 atom stereocenters. The van der Waals surface area contributed by atoms with Crippen molar-refractivity contribution in [1.29, 1.82) is 0 Å². The van der Waals surface area contributed by atoms with E-state index >= 15 is 0 Å². The van der Waals surface area contributed by atoms with E-state index in [2.05, 4.69) is 15.2 Å². The third-order valence-electron chi connectivity index (χ3n) is 2.60. The zero-order valence-corrected chi connectivity index (χ0v) is 9.43. The van der Waals surface area contributed by atoms with Crippen molar-refractivity contribution < 1.29 is 5.11 Å². The fraction of sp³-hybridized carbons (Fsp3) is 0. The van der Waals surface area contributed by atoms with Crippen LogP contribution in [0.1, 0.15) is 0 Å². The van der Waals surface area contributed by atoms with Crippen LogP contribution in [-0.2, 0) is 0 Å². The molecule has 2 heterocycles. The third kappa shape index (κ3) is 1.82. The summed E-state index contributed by atoms with van der Waals surface area (Å²) in [5.41, 5.74) is 1.78. The Morgan fingerprint density at radius 1 is 1.06 bits per heavy atom. The highest BCUT2D eigenvalue weighted by atomic mass is 16.3. The topological polar surface area (TPSA) is 63.8 Å². The molecule has 2 aromatic heterocycles. The number of aromatic nitrogens is 4. The van der Waals surface area contributed by atoms with E-state index in [1.807, 2.05) is 16.7 Å². The summed E-state index contributed by atoms with van der Waals surface area (Å²) in [6.45, 7) is 0. The van der Waals surface area contributed by atoms with Crippen LogP contribution in [0.15, 0.2) is 55.1 Å². The highest BCUT2D eigenvalue weighted by Gasteiger charge is 2.08. The first-order chi connectivity index (χ1) is 8.84. The van der Waals surface area contributed by atoms with Gasteiger partial charge in [-0.2, -0.15) is 0 Å². The maximum atomic E-state index is 9.29. The lowest BCUT2D eigenvalue weighted by Gasteiger charge is -2.05. The van der Waals surface area contributed by atoms with Crippen molar-refractivity contribution in [3.05, 3.63) is 55.1 Å². The van der Waals surface area contributed by atoms with E-state index < -0.39 is 0 Å². The minimum atomic E-state index is 0.228. The van der Waals surface area contributed by atoms with Crippen LogP contribution in [0.3, 0.4) is 0 Å². The molecule has 0 radical (unpaired) electrons. The summed E-state index contributed by atoms with van der Waals surface area (Å²) >= 11 is 0. The van der Waals surface area contributed by atoms with Crippen LogP contribution in [0.5, 0.6) is 5.75 Å². The lowest BCUT2D eigenvalue weighted by molar-refractivity contribution is 0.475. The van der Waals surface area contributed by atoms with E-state index in [-0.39, 0.29) is 5.75 Å². The maximum absolute atomic E-state index is 9.29. The fourth-order valence-corrected chi connectivity index (χ4v) is 1.73. The predicted molar refractivity (Wildman–Crippen MR) is 66.3 cm³/mol. The molecule has 0 aliphatic heterocycles. The average molecular weight is 238 g/mol. The van der Waals surface area contributed by atoms with Gasteiger partial charge in [0.15, 0.2) is 5.82 Å². The first kappa shape index (κ1) is 10.5. The molecule has 0 aliphatic carbocycles. The van der Waals surface area contributed by atoms with Crippen molar-refractivity contribution in [3.8, 4) is 22.8 Å². The summed E-state index contributed by atoms with van der Waals surface area (Å²) in [4.78, 5) is 4.07. The smallest absolute Gasteiger partial charge is 0.168 e. The molecule has 3 rings (SSSR count). The number of phenols is 1. The Morgan fingerprint density at radius 2 is 1.89 bits per heavy atom. The molecule has 1 aromatic carbocycles. The largest absolute Gasteiger partial charge is 0.508 e. The van der Waals surface area contributed by atoms with Crippen LogP contribution in [0.2, 0.25) is 0 Å². The van der Waals surface area contributed by atoms with Gasteiger partial charge in [-0.3, -0.25) is 9.55 Å². The van der Waals surface area contributed by atoms with Gasteiger partial charge < -0.3 is 5.11 Å². The van der Waals surface area contributed by atoms with Gasteiger partial charge in [-0.1, -0.05) is 0 Å². The quantitative estimate of drug-likeness (QED) is 0.742. The number of aromatic hydroxyl groups is 1. The number of benzene rings is 1. The molecule has 3 aromatic rings. The minimum Gasteiger partial charge on any atom is -0.508 e. The molecule has 0 saturated heterocycles. The summed E-state index contributed by atoms with van der Waals surface area (Å²) in [5, 5.41) is 17.3. The third-order valence-corrected chi connectivity index (χ3v) is 2.60. The second-order valence-electron chi connectivity index (χ2n) is 3.78. The molecule has 0 unspecified atom stereocenters. The zero-order valence-electron chi connectivity index (χ0n) is 9.43. The fourth-order valence-electron chi connectivity index (χ4n) is 1.73. The van der Waals surface area contributed by atoms with E-state index in [1.165, 1.54) is 0 Å². The summed E-state index contributed by atoms with van der Waals surface area (Å²) < 4.78 is 1.85. The van der Waals surface area contributed by atoms with Gasteiger partial charge in [-0.15, -0.1) is 10.2 Å². The lowest BCUT2D eigenvalue weighted by Crippen LogP contribution is -1.96. The molecule has 1 N–H and O–H groups in total. The number of phenolic OH excluding ortho intramolecular Hbond substituents is 1. The first-order valence-electron chi connectivity index (χ1n) is 5.44. The summed E-state index contributed by atoms with van der Waals surface area (Å²) in [5.74, 6) is 0.939. The van der Waals surface area contributed by atoms with Crippen molar-refractivity contribution in [2.75, 3.05) is 0 Å². The Balaban J connectivity index is 2.10. The molecule has 0 fully saturated rings. The zero-order chi connectivity index (χ0) is 12.4. The summed E-state index contributed by atoms with van der Waals surface area (Å²) in [7, 11) is 0. The van der Waals surface area contributed by atoms with Crippen molar-refractivity contribution in [1.82, 2.24) is 19.7 Å². The highest BCUT2D eigenvalue weighted by Crippen LogP contribution is 2.21. The van der Waals surface area contributed by atoms with E-state index in [4.69, 9.17) is 0 Å². The van der Waals surface area contributed by atoms with Crippen LogP contribution in [-0.4, -0.2) is 24.9 Å². The molecule has 5 heteroatoms.